The number of nitrogens with one attached hydrogen (secondary N) is 2. The zero-order valence-corrected chi connectivity index (χ0v) is 50.3. The number of hydrogen-bond donors (Lipinski definition) is 10. The number of phenolic OH excluding ortho intramolecular Hbond substituents is 1. The number of H-pyrrole nitrogens is 1. The highest BCUT2D eigenvalue weighted by molar-refractivity contribution is 8.76. The maximum absolute atomic E-state index is 12.9. The number of rotatable bonds is 8. The fourth-order valence-electron chi connectivity index (χ4n) is 18.6. The van der Waals surface area contributed by atoms with E-state index in [0.29, 0.717) is 62.4 Å². The summed E-state index contributed by atoms with van der Waals surface area (Å²) in [5, 5.41) is 89.3. The lowest BCUT2D eigenvalue weighted by atomic mass is 9.38. The second kappa shape index (κ2) is 24.0. The molecule has 3 aromatic carbocycles. The fourth-order valence-corrected chi connectivity index (χ4v) is 21.1. The average Bonchev–Trinajstić information content (AvgIpc) is 1.62. The van der Waals surface area contributed by atoms with Crippen LogP contribution in [0.4, 0.5) is 0 Å². The summed E-state index contributed by atoms with van der Waals surface area (Å²) in [7, 11) is 3.26. The van der Waals surface area contributed by atoms with Crippen molar-refractivity contribution in [3.63, 3.8) is 0 Å². The number of ether oxygens (including phenoxy) is 1. The number of fused-ring (bicyclic) bond motifs is 6. The number of aromatic nitrogens is 1. The summed E-state index contributed by atoms with van der Waals surface area (Å²) < 4.78 is 7.03. The molecule has 0 radical (unpaired) electrons. The monoisotopic (exact) mass is 1170 g/mol. The van der Waals surface area contributed by atoms with E-state index in [1.807, 2.05) is 24.4 Å². The van der Waals surface area contributed by atoms with Gasteiger partial charge >= 0.3 is 0 Å². The summed E-state index contributed by atoms with van der Waals surface area (Å²) in [4.78, 5) is 3.39. The van der Waals surface area contributed by atoms with E-state index in [0.717, 1.165) is 72.1 Å². The number of dihydropyridines is 1. The molecule has 3 spiro atoms. The molecule has 7 aliphatic carbocycles. The van der Waals surface area contributed by atoms with Gasteiger partial charge in [0.05, 0.1) is 24.4 Å². The Morgan fingerprint density at radius 2 is 1.64 bits per heavy atom. The summed E-state index contributed by atoms with van der Waals surface area (Å²) in [6.07, 6.45) is 18.1. The Labute approximate surface area is 504 Å². The normalized spacial score (nSPS) is 37.1. The first-order valence-corrected chi connectivity index (χ1v) is 34.1. The Hall–Kier alpha value is -4.88. The summed E-state index contributed by atoms with van der Waals surface area (Å²) in [5.74, 6) is 7.52. The number of nitrogens with two attached hydrogens (primary N) is 1. The highest BCUT2D eigenvalue weighted by Crippen LogP contribution is 2.71. The van der Waals surface area contributed by atoms with E-state index < -0.39 is 59.1 Å². The molecule has 1 aromatic heterocycles. The molecule has 1 saturated heterocycles. The smallest absolute Gasteiger partial charge is 0.161 e. The highest BCUT2D eigenvalue weighted by atomic mass is 33.1. The molecule has 13 rings (SSSR count). The first-order chi connectivity index (χ1) is 40.8. The van der Waals surface area contributed by atoms with E-state index in [-0.39, 0.29) is 78.0 Å². The Kier molecular flexibility index (Phi) is 16.6. The van der Waals surface area contributed by atoms with Crippen molar-refractivity contribution in [2.45, 2.75) is 146 Å². The molecule has 2 bridgehead atoms. The van der Waals surface area contributed by atoms with Gasteiger partial charge in [-0.1, -0.05) is 138 Å². The van der Waals surface area contributed by atoms with Gasteiger partial charge in [0, 0.05) is 89.7 Å². The quantitative estimate of drug-likeness (QED) is 0.0455. The lowest BCUT2D eigenvalue weighted by Gasteiger charge is -2.65. The zero-order chi connectivity index (χ0) is 57.9. The van der Waals surface area contributed by atoms with Crippen LogP contribution in [0.3, 0.4) is 0 Å². The van der Waals surface area contributed by atoms with Gasteiger partial charge in [-0.3, -0.25) is 0 Å². The molecule has 446 valence electrons. The molecule has 11 nitrogen and oxygen atoms in total. The van der Waals surface area contributed by atoms with Crippen LogP contribution < -0.4 is 15.8 Å². The van der Waals surface area contributed by atoms with Crippen LogP contribution >= 0.6 is 21.6 Å². The molecular formula is C71H87N3O8S2. The molecule has 2 aliphatic heterocycles. The molecule has 17 atom stereocenters. The number of phenols is 1. The first-order valence-electron chi connectivity index (χ1n) is 31.7. The van der Waals surface area contributed by atoms with Crippen molar-refractivity contribution < 1.29 is 40.5 Å². The topological polar surface area (TPSA) is 205 Å². The lowest BCUT2D eigenvalue weighted by Crippen LogP contribution is -2.62. The van der Waals surface area contributed by atoms with Crippen LogP contribution in [0.5, 0.6) is 11.5 Å². The van der Waals surface area contributed by atoms with Crippen LogP contribution in [0.2, 0.25) is 0 Å². The maximum atomic E-state index is 12.9. The molecule has 11 N–H and O–H groups in total. The van der Waals surface area contributed by atoms with Gasteiger partial charge in [0.2, 0.25) is 0 Å². The Morgan fingerprint density at radius 1 is 0.845 bits per heavy atom. The number of aromatic amines is 1. The number of benzene rings is 3. The van der Waals surface area contributed by atoms with Crippen molar-refractivity contribution in [2.24, 2.45) is 69.3 Å². The van der Waals surface area contributed by atoms with Crippen LogP contribution in [-0.2, 0) is 25.7 Å². The Balaban J connectivity index is 0.908. The summed E-state index contributed by atoms with van der Waals surface area (Å²) in [5.41, 5.74) is 15.9. The van der Waals surface area contributed by atoms with Gasteiger partial charge in [-0.05, 0) is 176 Å². The predicted octanol–water partition coefficient (Wildman–Crippen LogP) is 10.2. The molecule has 3 heterocycles. The molecule has 84 heavy (non-hydrogen) atoms. The number of hydrogen-bond acceptors (Lipinski definition) is 12. The van der Waals surface area contributed by atoms with Gasteiger partial charge in [0.1, 0.15) is 11.9 Å². The molecule has 3 fully saturated rings. The molecule has 0 amide bonds. The van der Waals surface area contributed by atoms with Gasteiger partial charge in [-0.25, -0.2) is 0 Å². The van der Waals surface area contributed by atoms with Crippen LogP contribution in [0.15, 0.2) is 132 Å². The number of aromatic hydroxyl groups is 1. The third-order valence-corrected chi connectivity index (χ3v) is 25.0. The van der Waals surface area contributed by atoms with E-state index in [4.69, 9.17) is 10.5 Å². The van der Waals surface area contributed by atoms with Gasteiger partial charge in [-0.2, -0.15) is 0 Å². The summed E-state index contributed by atoms with van der Waals surface area (Å²) in [6.45, 7) is 2.47. The predicted molar refractivity (Wildman–Crippen MR) is 334 cm³/mol. The van der Waals surface area contributed by atoms with Gasteiger partial charge in [0.25, 0.3) is 0 Å². The standard InChI is InChI=1S/C71H87N3O8S2/c1-2-42-27-47-31-61(79)63(82-64-32-48(28-50-15-10-25-73-50)51-20-26-74-68(72)56(51)40-84-83-39-49(37-75)67(64)81)34-53(47)54-33-62(80)66-45(29-52(42)54)18-23-70-36-55(43-11-4-3-5-12-43)58-30-44-13-6-7-14-46(44)35-69(21-8-9-22-69)41-71(58,65(70)38-76)24-19-57(70)59(77)16-17-60(66)78/h3-7,10-15,19-20,24-25,29,31,34,42,45,48-49,54-55,57-60,62,64-67,73-81H,2,8-9,16-17,21-22,26-28,30,32-33,35-41,72H2,1H3/t42-,45-,48-,49-,54-,55-,57-,58-,59-,60-,62+,64+,65-,66+,67+,70-,71+/m0/s1. The SMILES string of the molecule is CC[C@H]1Cc2cc(O)c(O[C@@H]3C[C@H](Cc4ccc[nH]4)C4=CCNC(N)=C4CSSC[C@H](CO)[C@H]3O)cc2[C@H]2C[C@@H](O)[C@@H]3[C@@H](C#C[C@]45C[C@@H](c6ccccc6)[C@@H]6Cc7ccccc7CC7(CCCC7)C[C@@]6(C=C[C@H]4[C@@H](O)CC[C@@H]3O)[C@H]5CO)C=C12. The lowest BCUT2D eigenvalue weighted by molar-refractivity contribution is -0.128. The zero-order valence-electron chi connectivity index (χ0n) is 48.6. The van der Waals surface area contributed by atoms with Crippen LogP contribution in [0, 0.1) is 75.4 Å². The van der Waals surface area contributed by atoms with Crippen molar-refractivity contribution in [3.8, 4) is 23.3 Å². The number of aliphatic hydroxyl groups is 6. The van der Waals surface area contributed by atoms with Crippen molar-refractivity contribution in [2.75, 3.05) is 31.3 Å². The second-order valence-electron chi connectivity index (χ2n) is 27.0. The maximum Gasteiger partial charge on any atom is 0.161 e. The Bertz CT molecular complexity index is 3220. The number of aliphatic hydroxyl groups excluding tert-OH is 6. The summed E-state index contributed by atoms with van der Waals surface area (Å²) >= 11 is 0. The highest BCUT2D eigenvalue weighted by Gasteiger charge is 2.66. The molecule has 0 unspecified atom stereocenters. The molecule has 4 aromatic rings. The van der Waals surface area contributed by atoms with E-state index >= 15 is 0 Å². The molecule has 2 saturated carbocycles. The second-order valence-corrected chi connectivity index (χ2v) is 29.5. The van der Waals surface area contributed by atoms with Crippen LogP contribution in [0.1, 0.15) is 123 Å². The first kappa shape index (κ1) is 58.2. The minimum atomic E-state index is -1.08. The van der Waals surface area contributed by atoms with Crippen LogP contribution in [0.25, 0.3) is 0 Å². The molecule has 13 heteroatoms. The van der Waals surface area contributed by atoms with Crippen molar-refractivity contribution in [3.05, 3.63) is 165 Å². The van der Waals surface area contributed by atoms with Gasteiger partial charge in [0.15, 0.2) is 11.5 Å². The third kappa shape index (κ3) is 10.5. The minimum absolute atomic E-state index is 0.0274. The number of allylic oxidation sites excluding steroid dienone is 4. The van der Waals surface area contributed by atoms with E-state index in [1.165, 1.54) is 29.5 Å². The van der Waals surface area contributed by atoms with Crippen molar-refractivity contribution in [1.82, 2.24) is 10.3 Å². The molecule has 9 aliphatic rings. The average molecular weight is 1170 g/mol. The minimum Gasteiger partial charge on any atom is -0.504 e. The van der Waals surface area contributed by atoms with E-state index in [2.05, 4.69) is 114 Å². The fraction of sp³-hybridized carbons (Fsp3) is 0.549. The third-order valence-electron chi connectivity index (χ3n) is 22.6. The van der Waals surface area contributed by atoms with Gasteiger partial charge < -0.3 is 56.5 Å². The van der Waals surface area contributed by atoms with Gasteiger partial charge in [-0.15, -0.1) is 0 Å². The Morgan fingerprint density at radius 3 is 2.42 bits per heavy atom. The summed E-state index contributed by atoms with van der Waals surface area (Å²) in [6, 6.07) is 27.9. The largest absolute Gasteiger partial charge is 0.504 e. The van der Waals surface area contributed by atoms with Crippen molar-refractivity contribution >= 4 is 21.6 Å². The molecular weight excluding hydrogens is 1090 g/mol. The van der Waals surface area contributed by atoms with E-state index in [9.17, 15) is 35.7 Å². The van der Waals surface area contributed by atoms with E-state index in [1.54, 1.807) is 21.6 Å². The van der Waals surface area contributed by atoms with Crippen LogP contribution in [-0.4, -0.2) is 103 Å². The van der Waals surface area contributed by atoms with Crippen molar-refractivity contribution in [1.29, 1.82) is 0 Å².